The zero-order valence-corrected chi connectivity index (χ0v) is 19.0. The predicted molar refractivity (Wildman–Crippen MR) is 115 cm³/mol. The van der Waals surface area contributed by atoms with Gasteiger partial charge in [-0.25, -0.2) is 4.79 Å². The van der Waals surface area contributed by atoms with Crippen LogP contribution in [0.2, 0.25) is 0 Å². The minimum absolute atomic E-state index is 0.250. The maximum Gasteiger partial charge on any atom is 0.326 e. The van der Waals surface area contributed by atoms with Crippen LogP contribution in [0.5, 0.6) is 0 Å². The lowest BCUT2D eigenvalue weighted by atomic mass is 10.3. The van der Waals surface area contributed by atoms with E-state index >= 15 is 0 Å². The highest BCUT2D eigenvalue weighted by atomic mass is 32.2. The maximum absolute atomic E-state index is 12.2. The van der Waals surface area contributed by atoms with Crippen LogP contribution < -0.4 is 0 Å². The third-order valence-corrected chi connectivity index (χ3v) is 7.38. The molecule has 24 heavy (non-hydrogen) atoms. The molecule has 0 bridgehead atoms. The number of carbonyl (C=O) groups is 2. The molecule has 0 aromatic heterocycles. The number of allylic oxidation sites excluding steroid dienone is 1. The van der Waals surface area contributed by atoms with Crippen molar-refractivity contribution in [1.29, 1.82) is 0 Å². The van der Waals surface area contributed by atoms with Gasteiger partial charge in [0.1, 0.15) is 0 Å². The molecule has 0 atom stereocenters. The van der Waals surface area contributed by atoms with Crippen molar-refractivity contribution in [3.63, 3.8) is 0 Å². The van der Waals surface area contributed by atoms with Gasteiger partial charge in [-0.1, -0.05) is 0 Å². The average Bonchev–Trinajstić information content (AvgIpc) is 2.58. The highest BCUT2D eigenvalue weighted by Crippen LogP contribution is 2.40. The number of hydrogen-bond acceptors (Lipinski definition) is 6. The van der Waals surface area contributed by atoms with Crippen LogP contribution in [0.15, 0.2) is 19.6 Å². The molecule has 0 saturated heterocycles. The number of urea groups is 1. The summed E-state index contributed by atoms with van der Waals surface area (Å²) in [7, 11) is 3.24. The minimum Gasteiger partial charge on any atom is -0.327 e. The largest absolute Gasteiger partial charge is 0.327 e. The Balaban J connectivity index is 5.33. The average molecular weight is 409 g/mol. The van der Waals surface area contributed by atoms with Crippen LogP contribution in [0.1, 0.15) is 20.3 Å². The van der Waals surface area contributed by atoms with E-state index in [0.29, 0.717) is 6.54 Å². The molecule has 0 aromatic carbocycles. The second-order valence-corrected chi connectivity index (χ2v) is 8.54. The predicted octanol–water partition coefficient (Wildman–Crippen LogP) is 4.80. The Hall–Kier alpha value is -0.180. The summed E-state index contributed by atoms with van der Waals surface area (Å²) in [6.07, 6.45) is 9.12. The quantitative estimate of drug-likeness (QED) is 0.537. The summed E-state index contributed by atoms with van der Waals surface area (Å²) in [6.45, 7) is 4.12. The Morgan fingerprint density at radius 1 is 0.833 bits per heavy atom. The molecule has 0 aliphatic heterocycles. The summed E-state index contributed by atoms with van der Waals surface area (Å²) in [5.41, 5.74) is 0. The molecule has 0 fully saturated rings. The molecule has 0 unspecified atom stereocenters. The fourth-order valence-electron chi connectivity index (χ4n) is 1.89. The monoisotopic (exact) mass is 408 g/mol. The van der Waals surface area contributed by atoms with E-state index in [9.17, 15) is 9.59 Å². The van der Waals surface area contributed by atoms with E-state index < -0.39 is 0 Å². The molecule has 4 nitrogen and oxygen atoms in total. The number of nitrogens with zero attached hydrogens (tertiary/aromatic N) is 2. The van der Waals surface area contributed by atoms with Crippen molar-refractivity contribution < 1.29 is 9.59 Å². The van der Waals surface area contributed by atoms with Gasteiger partial charge in [0.15, 0.2) is 0 Å². The van der Waals surface area contributed by atoms with E-state index in [2.05, 4.69) is 31.9 Å². The lowest BCUT2D eigenvalue weighted by Crippen LogP contribution is -2.41. The summed E-state index contributed by atoms with van der Waals surface area (Å²) >= 11 is 7.00. The van der Waals surface area contributed by atoms with Crippen LogP contribution in [0.3, 0.4) is 0 Å². The van der Waals surface area contributed by atoms with E-state index in [4.69, 9.17) is 0 Å². The molecule has 0 N–H and O–H groups in total. The van der Waals surface area contributed by atoms with Crippen molar-refractivity contribution in [3.8, 4) is 0 Å². The summed E-state index contributed by atoms with van der Waals surface area (Å²) in [6, 6.07) is -0.269. The first-order valence-corrected chi connectivity index (χ1v) is 12.2. The van der Waals surface area contributed by atoms with E-state index in [0.717, 1.165) is 11.3 Å². The number of thioether (sulfide) groups is 4. The lowest BCUT2D eigenvalue weighted by molar-refractivity contribution is -0.125. The first-order valence-electron chi connectivity index (χ1n) is 7.34. The van der Waals surface area contributed by atoms with Crippen LogP contribution in [0.25, 0.3) is 0 Å². The molecule has 0 aliphatic rings. The molecule has 0 radical (unpaired) electrons. The van der Waals surface area contributed by atoms with Gasteiger partial charge in [-0.2, -0.15) is 0 Å². The molecule has 0 rings (SSSR count). The smallest absolute Gasteiger partial charge is 0.326 e. The van der Waals surface area contributed by atoms with Crippen LogP contribution in [-0.2, 0) is 4.79 Å². The van der Waals surface area contributed by atoms with Gasteiger partial charge < -0.3 is 4.90 Å². The summed E-state index contributed by atoms with van der Waals surface area (Å²) in [5.74, 6) is -0.250. The number of imide groups is 1. The second-order valence-electron chi connectivity index (χ2n) is 4.99. The summed E-state index contributed by atoms with van der Waals surface area (Å²) in [5, 5.41) is 0. The molecule has 8 heteroatoms. The van der Waals surface area contributed by atoms with Crippen molar-refractivity contribution in [2.75, 3.05) is 45.7 Å². The zero-order chi connectivity index (χ0) is 18.9. The molecule has 0 aromatic rings. The Labute approximate surface area is 163 Å². The molecule has 0 aliphatic carbocycles. The van der Waals surface area contributed by atoms with Crippen molar-refractivity contribution in [1.82, 2.24) is 9.80 Å². The van der Waals surface area contributed by atoms with Crippen LogP contribution in [0, 0.1) is 0 Å². The van der Waals surface area contributed by atoms with Gasteiger partial charge in [-0.3, -0.25) is 9.69 Å². The molecule has 138 valence electrons. The first kappa shape index (κ1) is 23.8. The lowest BCUT2D eigenvalue weighted by Gasteiger charge is -2.24. The summed E-state index contributed by atoms with van der Waals surface area (Å²) in [4.78, 5) is 31.4. The van der Waals surface area contributed by atoms with Crippen molar-refractivity contribution in [2.45, 2.75) is 20.3 Å². The third kappa shape index (κ3) is 6.98. The SMILES string of the molecule is CS/C(C)=C(SC)/C(SC)=C(\CCN(C)C(=O)N(C)C(C)=O)SC. The van der Waals surface area contributed by atoms with Crippen molar-refractivity contribution >= 4 is 59.0 Å². The zero-order valence-electron chi connectivity index (χ0n) is 15.8. The Kier molecular flexibility index (Phi) is 12.1. The highest BCUT2D eigenvalue weighted by molar-refractivity contribution is 8.10. The van der Waals surface area contributed by atoms with E-state index in [-0.39, 0.29) is 11.9 Å². The molecule has 0 spiro atoms. The summed E-state index contributed by atoms with van der Waals surface area (Å²) < 4.78 is 0. The number of rotatable bonds is 8. The third-order valence-electron chi connectivity index (χ3n) is 3.50. The van der Waals surface area contributed by atoms with Crippen molar-refractivity contribution in [2.24, 2.45) is 0 Å². The molecule has 3 amide bonds. The van der Waals surface area contributed by atoms with Gasteiger partial charge in [0.25, 0.3) is 0 Å². The molecular formula is C16H28N2O2S4. The fraction of sp³-hybridized carbons (Fsp3) is 0.625. The van der Waals surface area contributed by atoms with E-state index in [1.54, 1.807) is 59.0 Å². The van der Waals surface area contributed by atoms with Gasteiger partial charge in [0, 0.05) is 42.3 Å². The van der Waals surface area contributed by atoms with Gasteiger partial charge in [-0.15, -0.1) is 47.0 Å². The normalized spacial score (nSPS) is 13.2. The van der Waals surface area contributed by atoms with E-state index in [1.165, 1.54) is 33.6 Å². The Morgan fingerprint density at radius 2 is 1.38 bits per heavy atom. The van der Waals surface area contributed by atoms with Gasteiger partial charge in [0.05, 0.1) is 0 Å². The van der Waals surface area contributed by atoms with Crippen LogP contribution >= 0.6 is 47.0 Å². The standard InChI is InChI=1S/C16H28N2O2S4/c1-11(21-5)14(23-7)15(24-8)13(22-6)9-10-17(3)16(20)18(4)12(2)19/h9-10H2,1-8H3/b14-11-,15-13-. The van der Waals surface area contributed by atoms with Gasteiger partial charge in [0.2, 0.25) is 5.91 Å². The van der Waals surface area contributed by atoms with Gasteiger partial charge >= 0.3 is 6.03 Å². The maximum atomic E-state index is 12.2. The molecule has 0 saturated carbocycles. The fourth-order valence-corrected chi connectivity index (χ4v) is 5.65. The number of carbonyl (C=O) groups excluding carboxylic acids is 2. The minimum atomic E-state index is -0.269. The second kappa shape index (κ2) is 12.2. The Morgan fingerprint density at radius 3 is 1.75 bits per heavy atom. The van der Waals surface area contributed by atoms with Crippen LogP contribution in [-0.4, -0.2) is 67.4 Å². The topological polar surface area (TPSA) is 40.6 Å². The van der Waals surface area contributed by atoms with Crippen molar-refractivity contribution in [3.05, 3.63) is 19.6 Å². The van der Waals surface area contributed by atoms with Gasteiger partial charge in [-0.05, 0) is 43.3 Å². The van der Waals surface area contributed by atoms with E-state index in [1.807, 2.05) is 0 Å². The molecule has 0 heterocycles. The number of hydrogen-bond donors (Lipinski definition) is 0. The first-order chi connectivity index (χ1) is 11.2. The molecular weight excluding hydrogens is 380 g/mol. The Bertz CT molecular complexity index is 518. The number of amides is 3. The van der Waals surface area contributed by atoms with Crippen LogP contribution in [0.4, 0.5) is 4.79 Å². The highest BCUT2D eigenvalue weighted by Gasteiger charge is 2.19.